The van der Waals surface area contributed by atoms with E-state index < -0.39 is 23.7 Å². The molecule has 35 heavy (non-hydrogen) atoms. The van der Waals surface area contributed by atoms with E-state index in [0.717, 1.165) is 5.56 Å². The van der Waals surface area contributed by atoms with Crippen LogP contribution in [0.15, 0.2) is 90.2 Å². The topological polar surface area (TPSA) is 104 Å². The second-order valence-corrected chi connectivity index (χ2v) is 8.29. The highest BCUT2D eigenvalue weighted by atomic mass is 16.5. The van der Waals surface area contributed by atoms with Gasteiger partial charge in [0.05, 0.1) is 24.3 Å². The number of rotatable bonds is 8. The molecule has 178 valence electrons. The summed E-state index contributed by atoms with van der Waals surface area (Å²) >= 11 is 0. The zero-order valence-electron chi connectivity index (χ0n) is 19.2. The Labute approximate surface area is 202 Å². The van der Waals surface area contributed by atoms with Crippen LogP contribution in [-0.2, 0) is 27.3 Å². The van der Waals surface area contributed by atoms with Gasteiger partial charge in [0.25, 0.3) is 5.91 Å². The highest BCUT2D eigenvalue weighted by Gasteiger charge is 2.43. The lowest BCUT2D eigenvalue weighted by Gasteiger charge is -2.27. The molecule has 4 rings (SSSR count). The van der Waals surface area contributed by atoms with Crippen LogP contribution in [-0.4, -0.2) is 39.9 Å². The summed E-state index contributed by atoms with van der Waals surface area (Å²) in [7, 11) is 1.30. The number of hydrogen-bond acceptors (Lipinski definition) is 6. The maximum atomic E-state index is 13.3. The van der Waals surface area contributed by atoms with Gasteiger partial charge in [0, 0.05) is 13.0 Å². The lowest BCUT2D eigenvalue weighted by atomic mass is 9.93. The van der Waals surface area contributed by atoms with E-state index in [1.54, 1.807) is 36.4 Å². The highest BCUT2D eigenvalue weighted by molar-refractivity contribution is 6.09. The molecule has 1 atom stereocenters. The number of amides is 1. The number of ketones is 1. The molecule has 7 heteroatoms. The van der Waals surface area contributed by atoms with Crippen LogP contribution in [0.1, 0.15) is 39.5 Å². The van der Waals surface area contributed by atoms with Gasteiger partial charge in [-0.25, -0.2) is 4.79 Å². The second-order valence-electron chi connectivity index (χ2n) is 8.29. The van der Waals surface area contributed by atoms with Crippen molar-refractivity contribution in [3.05, 3.63) is 112 Å². The third-order valence-electron chi connectivity index (χ3n) is 6.00. The third-order valence-corrected chi connectivity index (χ3v) is 6.00. The summed E-state index contributed by atoms with van der Waals surface area (Å²) in [6.45, 7) is 0.0835. The number of phenols is 1. The number of carbonyl (C=O) groups is 3. The Balaban J connectivity index is 1.64. The number of aromatic hydroxyl groups is 1. The number of Topliss-reactive ketones (excluding diaryl/α,β-unsaturated/α-hetero) is 1. The number of phenolic OH excluding ortho intramolecular Hbond substituents is 1. The number of aryl methyl sites for hydroxylation is 1. The van der Waals surface area contributed by atoms with Crippen LogP contribution in [0.3, 0.4) is 0 Å². The molecule has 1 aliphatic heterocycles. The molecule has 3 aromatic rings. The molecule has 0 spiro atoms. The summed E-state index contributed by atoms with van der Waals surface area (Å²) < 4.78 is 4.72. The first kappa shape index (κ1) is 23.8. The van der Waals surface area contributed by atoms with Gasteiger partial charge in [0.1, 0.15) is 5.75 Å². The smallest absolute Gasteiger partial charge is 0.337 e. The fourth-order valence-electron chi connectivity index (χ4n) is 4.24. The first-order chi connectivity index (χ1) is 16.9. The normalized spacial score (nSPS) is 15.4. The first-order valence-corrected chi connectivity index (χ1v) is 11.2. The van der Waals surface area contributed by atoms with Crippen molar-refractivity contribution in [2.24, 2.45) is 0 Å². The number of ether oxygens (including phenoxy) is 1. The van der Waals surface area contributed by atoms with Crippen LogP contribution < -0.4 is 0 Å². The minimum atomic E-state index is -0.863. The molecular formula is C28H25NO6. The summed E-state index contributed by atoms with van der Waals surface area (Å²) in [6.07, 6.45) is 0.583. The Bertz CT molecular complexity index is 1280. The quantitative estimate of drug-likeness (QED) is 0.476. The molecular weight excluding hydrogens is 446 g/mol. The van der Waals surface area contributed by atoms with Gasteiger partial charge in [-0.05, 0) is 47.4 Å². The van der Waals surface area contributed by atoms with E-state index in [-0.39, 0.29) is 30.1 Å². The second kappa shape index (κ2) is 10.3. The molecule has 0 saturated heterocycles. The number of benzene rings is 3. The van der Waals surface area contributed by atoms with Gasteiger partial charge in [-0.15, -0.1) is 0 Å². The van der Waals surface area contributed by atoms with Crippen LogP contribution >= 0.6 is 0 Å². The van der Waals surface area contributed by atoms with E-state index in [4.69, 9.17) is 4.74 Å². The van der Waals surface area contributed by atoms with E-state index in [1.807, 2.05) is 30.3 Å². The van der Waals surface area contributed by atoms with Gasteiger partial charge >= 0.3 is 5.97 Å². The molecule has 0 saturated carbocycles. The average Bonchev–Trinajstić information content (AvgIpc) is 3.13. The standard InChI is InChI=1S/C28H25NO6/c1-35-28(34)20-13-10-19(11-14-20)17-29-25(21-8-5-9-22(30)16-21)24(26(32)27(29)33)23(31)15-12-18-6-3-2-4-7-18/h2-11,13-14,16,25,30,32H,12,15,17H2,1H3. The van der Waals surface area contributed by atoms with Gasteiger partial charge in [-0.2, -0.15) is 0 Å². The Kier molecular flexibility index (Phi) is 6.96. The van der Waals surface area contributed by atoms with Crippen molar-refractivity contribution in [3.63, 3.8) is 0 Å². The number of aliphatic hydroxyl groups excluding tert-OH is 1. The molecule has 1 unspecified atom stereocenters. The number of nitrogens with zero attached hydrogens (tertiary/aromatic N) is 1. The van der Waals surface area contributed by atoms with Gasteiger partial charge in [0.2, 0.25) is 0 Å². The Morgan fingerprint density at radius 1 is 0.914 bits per heavy atom. The van der Waals surface area contributed by atoms with Crippen molar-refractivity contribution >= 4 is 17.7 Å². The van der Waals surface area contributed by atoms with Gasteiger partial charge in [0.15, 0.2) is 11.5 Å². The molecule has 0 radical (unpaired) electrons. The van der Waals surface area contributed by atoms with E-state index in [0.29, 0.717) is 23.1 Å². The predicted molar refractivity (Wildman–Crippen MR) is 129 cm³/mol. The predicted octanol–water partition coefficient (Wildman–Crippen LogP) is 4.28. The van der Waals surface area contributed by atoms with Crippen molar-refractivity contribution in [2.45, 2.75) is 25.4 Å². The summed E-state index contributed by atoms with van der Waals surface area (Å²) in [6, 6.07) is 21.5. The Morgan fingerprint density at radius 3 is 2.29 bits per heavy atom. The number of methoxy groups -OCH3 is 1. The molecule has 2 N–H and O–H groups in total. The largest absolute Gasteiger partial charge is 0.508 e. The number of carbonyl (C=O) groups excluding carboxylic acids is 3. The Hall–Kier alpha value is -4.39. The summed E-state index contributed by atoms with van der Waals surface area (Å²) in [4.78, 5) is 39.5. The van der Waals surface area contributed by atoms with Crippen LogP contribution in [0.5, 0.6) is 5.75 Å². The maximum Gasteiger partial charge on any atom is 0.337 e. The van der Waals surface area contributed by atoms with E-state index in [1.165, 1.54) is 24.1 Å². The fraction of sp³-hybridized carbons (Fsp3) is 0.179. The minimum Gasteiger partial charge on any atom is -0.508 e. The summed E-state index contributed by atoms with van der Waals surface area (Å²) in [5.41, 5.74) is 2.56. The molecule has 3 aromatic carbocycles. The van der Waals surface area contributed by atoms with Crippen LogP contribution in [0, 0.1) is 0 Å². The van der Waals surface area contributed by atoms with Crippen molar-refractivity contribution in [1.29, 1.82) is 0 Å². The molecule has 1 amide bonds. The molecule has 1 heterocycles. The summed E-state index contributed by atoms with van der Waals surface area (Å²) in [5.74, 6) is -2.07. The number of aliphatic hydroxyl groups is 1. The van der Waals surface area contributed by atoms with Gasteiger partial charge in [-0.1, -0.05) is 54.6 Å². The molecule has 0 bridgehead atoms. The van der Waals surface area contributed by atoms with E-state index >= 15 is 0 Å². The van der Waals surface area contributed by atoms with Gasteiger partial charge < -0.3 is 19.8 Å². The summed E-state index contributed by atoms with van der Waals surface area (Å²) in [5, 5.41) is 20.8. The number of hydrogen-bond donors (Lipinski definition) is 2. The lowest BCUT2D eigenvalue weighted by Crippen LogP contribution is -2.30. The maximum absolute atomic E-state index is 13.3. The van der Waals surface area contributed by atoms with Crippen molar-refractivity contribution < 1.29 is 29.3 Å². The first-order valence-electron chi connectivity index (χ1n) is 11.2. The van der Waals surface area contributed by atoms with Crippen molar-refractivity contribution in [3.8, 4) is 5.75 Å². The zero-order chi connectivity index (χ0) is 24.9. The molecule has 0 aromatic heterocycles. The van der Waals surface area contributed by atoms with E-state index in [2.05, 4.69) is 0 Å². The highest BCUT2D eigenvalue weighted by Crippen LogP contribution is 2.40. The Morgan fingerprint density at radius 2 is 1.63 bits per heavy atom. The fourth-order valence-corrected chi connectivity index (χ4v) is 4.24. The number of esters is 1. The lowest BCUT2D eigenvalue weighted by molar-refractivity contribution is -0.130. The average molecular weight is 472 g/mol. The van der Waals surface area contributed by atoms with Gasteiger partial charge in [-0.3, -0.25) is 9.59 Å². The van der Waals surface area contributed by atoms with Crippen LogP contribution in [0.25, 0.3) is 0 Å². The minimum absolute atomic E-state index is 0.0141. The molecule has 0 aliphatic carbocycles. The van der Waals surface area contributed by atoms with Crippen molar-refractivity contribution in [1.82, 2.24) is 4.90 Å². The van der Waals surface area contributed by atoms with Crippen LogP contribution in [0.4, 0.5) is 0 Å². The zero-order valence-corrected chi connectivity index (χ0v) is 19.2. The third kappa shape index (κ3) is 5.09. The van der Waals surface area contributed by atoms with Crippen LogP contribution in [0.2, 0.25) is 0 Å². The monoisotopic (exact) mass is 471 g/mol. The van der Waals surface area contributed by atoms with Crippen molar-refractivity contribution in [2.75, 3.05) is 7.11 Å². The molecule has 0 fully saturated rings. The van der Waals surface area contributed by atoms with E-state index in [9.17, 15) is 24.6 Å². The molecule has 7 nitrogen and oxygen atoms in total. The SMILES string of the molecule is COC(=O)c1ccc(CN2C(=O)C(O)=C(C(=O)CCc3ccccc3)C2c2cccc(O)c2)cc1. The molecule has 1 aliphatic rings.